The largest absolute Gasteiger partial charge is 0.478 e. The summed E-state index contributed by atoms with van der Waals surface area (Å²) in [6, 6.07) is 0. The zero-order valence-corrected chi connectivity index (χ0v) is 9.10. The van der Waals surface area contributed by atoms with Crippen LogP contribution >= 0.6 is 0 Å². The van der Waals surface area contributed by atoms with E-state index in [9.17, 15) is 43.9 Å². The summed E-state index contributed by atoms with van der Waals surface area (Å²) in [5.41, 5.74) is 0. The highest BCUT2D eigenvalue weighted by Crippen LogP contribution is 2.55. The summed E-state index contributed by atoms with van der Waals surface area (Å²) in [7, 11) is 0. The minimum atomic E-state index is -6.34. The summed E-state index contributed by atoms with van der Waals surface area (Å²) in [4.78, 5) is 0. The van der Waals surface area contributed by atoms with Gasteiger partial charge in [0.05, 0.1) is 0 Å². The highest BCUT2D eigenvalue weighted by molar-refractivity contribution is 5.47. The molecule has 118 valence electrons. The average molecular weight is 330 g/mol. The molecular formula is C9F10O2. The Bertz CT molecular complexity index is 549. The molecule has 0 saturated carbocycles. The fraction of sp³-hybridized carbons (Fsp3) is 0.333. The quantitative estimate of drug-likeness (QED) is 0.409. The molecule has 0 unspecified atom stereocenters. The first-order valence-electron chi connectivity index (χ1n) is 4.71. The molecule has 0 saturated heterocycles. The molecule has 12 heteroatoms. The molecule has 1 aromatic carbocycles. The highest BCUT2D eigenvalue weighted by atomic mass is 19.4. The lowest BCUT2D eigenvalue weighted by Crippen LogP contribution is -2.63. The first-order chi connectivity index (χ1) is 9.33. The van der Waals surface area contributed by atoms with Gasteiger partial charge in [-0.3, -0.25) is 0 Å². The molecule has 0 aliphatic carbocycles. The van der Waals surface area contributed by atoms with Gasteiger partial charge in [-0.2, -0.15) is 35.1 Å². The molecule has 0 radical (unpaired) electrons. The normalized spacial score (nSPS) is 17.2. The van der Waals surface area contributed by atoms with Crippen LogP contribution in [0.2, 0.25) is 0 Å². The van der Waals surface area contributed by atoms with E-state index < -0.39 is 52.9 Å². The SMILES string of the molecule is Fc1c(F)c(F)c2c(c1F)OC(C(F)(F)F)(C(F)(F)F)O2. The third kappa shape index (κ3) is 1.87. The minimum absolute atomic E-state index is 2.17. The summed E-state index contributed by atoms with van der Waals surface area (Å²) < 4.78 is 134. The van der Waals surface area contributed by atoms with Crippen molar-refractivity contribution in [3.05, 3.63) is 23.3 Å². The van der Waals surface area contributed by atoms with Gasteiger partial charge >= 0.3 is 18.1 Å². The van der Waals surface area contributed by atoms with Gasteiger partial charge in [0.25, 0.3) is 0 Å². The van der Waals surface area contributed by atoms with Gasteiger partial charge in [-0.25, -0.2) is 8.78 Å². The minimum Gasteiger partial charge on any atom is -0.431 e. The molecular weight excluding hydrogens is 330 g/mol. The van der Waals surface area contributed by atoms with Gasteiger partial charge < -0.3 is 9.47 Å². The van der Waals surface area contributed by atoms with Crippen molar-refractivity contribution in [2.45, 2.75) is 18.1 Å². The Kier molecular flexibility index (Phi) is 3.01. The fourth-order valence-corrected chi connectivity index (χ4v) is 1.47. The Morgan fingerprint density at radius 3 is 1.10 bits per heavy atom. The van der Waals surface area contributed by atoms with Crippen molar-refractivity contribution < 1.29 is 53.4 Å². The lowest BCUT2D eigenvalue weighted by molar-refractivity contribution is -0.412. The van der Waals surface area contributed by atoms with Gasteiger partial charge in [-0.1, -0.05) is 0 Å². The zero-order valence-electron chi connectivity index (χ0n) is 9.10. The highest BCUT2D eigenvalue weighted by Gasteiger charge is 2.80. The Labute approximate surface area is 107 Å². The molecule has 0 amide bonds. The number of fused-ring (bicyclic) bond motifs is 1. The number of hydrogen-bond donors (Lipinski definition) is 0. The predicted molar refractivity (Wildman–Crippen MR) is 42.4 cm³/mol. The van der Waals surface area contributed by atoms with Crippen LogP contribution < -0.4 is 9.47 Å². The van der Waals surface area contributed by atoms with E-state index in [1.807, 2.05) is 0 Å². The van der Waals surface area contributed by atoms with Crippen LogP contribution in [0.3, 0.4) is 0 Å². The summed E-state index contributed by atoms with van der Waals surface area (Å²) in [6.07, 6.45) is -12.7. The van der Waals surface area contributed by atoms with Gasteiger partial charge in [0, 0.05) is 0 Å². The number of halogens is 10. The van der Waals surface area contributed by atoms with Crippen molar-refractivity contribution in [2.24, 2.45) is 0 Å². The van der Waals surface area contributed by atoms with Crippen LogP contribution in [-0.2, 0) is 0 Å². The van der Waals surface area contributed by atoms with E-state index in [4.69, 9.17) is 0 Å². The Hall–Kier alpha value is -1.88. The van der Waals surface area contributed by atoms with E-state index in [1.165, 1.54) is 0 Å². The lowest BCUT2D eigenvalue weighted by atomic mass is 10.2. The second-order valence-corrected chi connectivity index (χ2v) is 3.73. The standard InChI is InChI=1S/C9F10O2/c10-1-2(11)4(13)6-5(3(1)12)20-7(21-6,8(14,15)16)9(17,18)19. The molecule has 2 rings (SSSR count). The summed E-state index contributed by atoms with van der Waals surface area (Å²) in [5, 5.41) is 0. The number of alkyl halides is 6. The number of rotatable bonds is 0. The third-order valence-corrected chi connectivity index (χ3v) is 2.42. The van der Waals surface area contributed by atoms with Crippen LogP contribution in [-0.4, -0.2) is 18.1 Å². The fourth-order valence-electron chi connectivity index (χ4n) is 1.47. The zero-order chi connectivity index (χ0) is 16.4. The topological polar surface area (TPSA) is 18.5 Å². The second-order valence-electron chi connectivity index (χ2n) is 3.73. The summed E-state index contributed by atoms with van der Waals surface area (Å²) in [5.74, 6) is -20.3. The third-order valence-electron chi connectivity index (χ3n) is 2.42. The Morgan fingerprint density at radius 2 is 0.857 bits per heavy atom. The van der Waals surface area contributed by atoms with Crippen molar-refractivity contribution in [2.75, 3.05) is 0 Å². The van der Waals surface area contributed by atoms with Crippen molar-refractivity contribution >= 4 is 0 Å². The Balaban J connectivity index is 2.72. The molecule has 0 fully saturated rings. The van der Waals surface area contributed by atoms with E-state index in [-0.39, 0.29) is 0 Å². The van der Waals surface area contributed by atoms with E-state index in [0.717, 1.165) is 0 Å². The molecule has 0 spiro atoms. The van der Waals surface area contributed by atoms with Crippen molar-refractivity contribution in [3.8, 4) is 11.5 Å². The first-order valence-corrected chi connectivity index (χ1v) is 4.71. The lowest BCUT2D eigenvalue weighted by Gasteiger charge is -2.30. The molecule has 1 aromatic rings. The molecule has 0 atom stereocenters. The van der Waals surface area contributed by atoms with Gasteiger partial charge in [-0.15, -0.1) is 0 Å². The van der Waals surface area contributed by atoms with Crippen molar-refractivity contribution in [1.29, 1.82) is 0 Å². The monoisotopic (exact) mass is 330 g/mol. The van der Waals surface area contributed by atoms with E-state index >= 15 is 0 Å². The average Bonchev–Trinajstić information content (AvgIpc) is 2.74. The maximum absolute atomic E-state index is 13.1. The maximum atomic E-state index is 13.1. The van der Waals surface area contributed by atoms with Gasteiger partial charge in [0.1, 0.15) is 0 Å². The smallest absolute Gasteiger partial charge is 0.431 e. The van der Waals surface area contributed by atoms with Crippen molar-refractivity contribution in [1.82, 2.24) is 0 Å². The molecule has 2 nitrogen and oxygen atoms in total. The van der Waals surface area contributed by atoms with E-state index in [0.29, 0.717) is 0 Å². The van der Waals surface area contributed by atoms with Crippen LogP contribution in [0, 0.1) is 23.3 Å². The Morgan fingerprint density at radius 1 is 0.571 bits per heavy atom. The first kappa shape index (κ1) is 15.5. The van der Waals surface area contributed by atoms with Gasteiger partial charge in [0.15, 0.2) is 0 Å². The van der Waals surface area contributed by atoms with Crippen LogP contribution in [0.1, 0.15) is 0 Å². The second kappa shape index (κ2) is 4.07. The van der Waals surface area contributed by atoms with Gasteiger partial charge in [-0.05, 0) is 0 Å². The molecule has 0 aromatic heterocycles. The molecule has 1 aliphatic rings. The number of hydrogen-bond acceptors (Lipinski definition) is 2. The van der Waals surface area contributed by atoms with Gasteiger partial charge in [0.2, 0.25) is 34.8 Å². The van der Waals surface area contributed by atoms with Crippen LogP contribution in [0.15, 0.2) is 0 Å². The molecule has 1 heterocycles. The summed E-state index contributed by atoms with van der Waals surface area (Å²) in [6.45, 7) is 0. The van der Waals surface area contributed by atoms with Crippen LogP contribution in [0.25, 0.3) is 0 Å². The van der Waals surface area contributed by atoms with E-state index in [1.54, 1.807) is 0 Å². The number of ether oxygens (including phenoxy) is 2. The molecule has 0 bridgehead atoms. The predicted octanol–water partition coefficient (Wildman–Crippen LogP) is 3.84. The molecule has 0 N–H and O–H groups in total. The maximum Gasteiger partial charge on any atom is 0.478 e. The van der Waals surface area contributed by atoms with Crippen LogP contribution in [0.5, 0.6) is 11.5 Å². The van der Waals surface area contributed by atoms with Crippen LogP contribution in [0.4, 0.5) is 43.9 Å². The molecule has 1 aliphatic heterocycles. The molecule has 21 heavy (non-hydrogen) atoms. The van der Waals surface area contributed by atoms with E-state index in [2.05, 4.69) is 9.47 Å². The van der Waals surface area contributed by atoms with Crippen molar-refractivity contribution in [3.63, 3.8) is 0 Å². The number of benzene rings is 1. The summed E-state index contributed by atoms with van der Waals surface area (Å²) >= 11 is 0.